The lowest BCUT2D eigenvalue weighted by Gasteiger charge is -2.34. The van der Waals surface area contributed by atoms with Gasteiger partial charge in [-0.1, -0.05) is 6.07 Å². The van der Waals surface area contributed by atoms with E-state index in [1.165, 1.54) is 6.07 Å². The number of carbonyl (C=O) groups excluding carboxylic acids is 1. The standard InChI is InChI=1S/C13H18N2O3.ClH/c14-9-13(4-6-18-7-5-13)12(17)15-10-2-1-3-11(16)8-10;/h1-3,8,16H,4-7,9,14H2,(H,15,17);1H. The van der Waals surface area contributed by atoms with E-state index in [2.05, 4.69) is 5.32 Å². The van der Waals surface area contributed by atoms with Gasteiger partial charge in [0.05, 0.1) is 5.41 Å². The fraction of sp³-hybridized carbons (Fsp3) is 0.462. The predicted molar refractivity (Wildman–Crippen MR) is 75.5 cm³/mol. The number of phenolic OH excluding ortho intramolecular Hbond substituents is 1. The molecule has 1 saturated heterocycles. The van der Waals surface area contributed by atoms with E-state index in [0.29, 0.717) is 38.3 Å². The van der Waals surface area contributed by atoms with Gasteiger partial charge >= 0.3 is 0 Å². The highest BCUT2D eigenvalue weighted by Gasteiger charge is 2.38. The van der Waals surface area contributed by atoms with Crippen molar-refractivity contribution in [2.45, 2.75) is 12.8 Å². The highest BCUT2D eigenvalue weighted by Crippen LogP contribution is 2.31. The number of hydrogen-bond acceptors (Lipinski definition) is 4. The average molecular weight is 287 g/mol. The van der Waals surface area contributed by atoms with Crippen molar-refractivity contribution >= 4 is 24.0 Å². The van der Waals surface area contributed by atoms with Crippen LogP contribution in [0.4, 0.5) is 5.69 Å². The highest BCUT2D eigenvalue weighted by atomic mass is 35.5. The lowest BCUT2D eigenvalue weighted by Crippen LogP contribution is -2.46. The largest absolute Gasteiger partial charge is 0.508 e. The topological polar surface area (TPSA) is 84.6 Å². The van der Waals surface area contributed by atoms with Crippen molar-refractivity contribution in [2.24, 2.45) is 11.1 Å². The first-order chi connectivity index (χ1) is 8.66. The fourth-order valence-corrected chi connectivity index (χ4v) is 2.13. The van der Waals surface area contributed by atoms with E-state index in [1.54, 1.807) is 18.2 Å². The molecule has 4 N–H and O–H groups in total. The first-order valence-corrected chi connectivity index (χ1v) is 6.05. The maximum Gasteiger partial charge on any atom is 0.232 e. The zero-order valence-corrected chi connectivity index (χ0v) is 11.4. The van der Waals surface area contributed by atoms with E-state index in [0.717, 1.165) is 0 Å². The van der Waals surface area contributed by atoms with Gasteiger partial charge in [-0.15, -0.1) is 12.4 Å². The SMILES string of the molecule is Cl.NCC1(C(=O)Nc2cccc(O)c2)CCOCC1. The van der Waals surface area contributed by atoms with Gasteiger partial charge in [0.15, 0.2) is 0 Å². The van der Waals surface area contributed by atoms with Gasteiger partial charge in [0.25, 0.3) is 0 Å². The molecule has 0 spiro atoms. The Morgan fingerprint density at radius 3 is 2.68 bits per heavy atom. The van der Waals surface area contributed by atoms with Gasteiger partial charge in [-0.2, -0.15) is 0 Å². The Kier molecular flexibility index (Phi) is 5.60. The summed E-state index contributed by atoms with van der Waals surface area (Å²) in [6.45, 7) is 1.43. The second-order valence-corrected chi connectivity index (χ2v) is 4.60. The molecular formula is C13H19ClN2O3. The minimum atomic E-state index is -0.552. The van der Waals surface area contributed by atoms with E-state index in [1.807, 2.05) is 0 Å². The molecule has 0 unspecified atom stereocenters. The number of carbonyl (C=O) groups is 1. The van der Waals surface area contributed by atoms with Gasteiger partial charge in [-0.3, -0.25) is 4.79 Å². The quantitative estimate of drug-likeness (QED) is 0.786. The van der Waals surface area contributed by atoms with E-state index < -0.39 is 5.41 Å². The molecule has 1 aromatic rings. The van der Waals surface area contributed by atoms with Gasteiger partial charge in [0.2, 0.25) is 5.91 Å². The summed E-state index contributed by atoms with van der Waals surface area (Å²) in [5.74, 6) is 0.0282. The predicted octanol–water partition coefficient (Wildman–Crippen LogP) is 1.51. The molecule has 0 radical (unpaired) electrons. The number of benzene rings is 1. The zero-order valence-electron chi connectivity index (χ0n) is 10.6. The maximum absolute atomic E-state index is 12.3. The molecule has 1 aliphatic rings. The van der Waals surface area contributed by atoms with Crippen LogP contribution in [0.1, 0.15) is 12.8 Å². The minimum Gasteiger partial charge on any atom is -0.508 e. The molecular weight excluding hydrogens is 268 g/mol. The highest BCUT2D eigenvalue weighted by molar-refractivity contribution is 5.95. The fourth-order valence-electron chi connectivity index (χ4n) is 2.13. The molecule has 2 rings (SSSR count). The Balaban J connectivity index is 0.00000180. The molecule has 6 heteroatoms. The number of aromatic hydroxyl groups is 1. The monoisotopic (exact) mass is 286 g/mol. The first kappa shape index (κ1) is 15.8. The van der Waals surface area contributed by atoms with Crippen LogP contribution in [-0.2, 0) is 9.53 Å². The Labute approximate surface area is 118 Å². The Hall–Kier alpha value is -1.30. The van der Waals surface area contributed by atoms with Crippen LogP contribution in [0.3, 0.4) is 0 Å². The molecule has 1 heterocycles. The number of phenols is 1. The molecule has 0 aliphatic carbocycles. The normalized spacial score (nSPS) is 17.3. The number of nitrogens with two attached hydrogens (primary N) is 1. The first-order valence-electron chi connectivity index (χ1n) is 6.05. The van der Waals surface area contributed by atoms with Gasteiger partial charge < -0.3 is 20.9 Å². The molecule has 1 aromatic carbocycles. The molecule has 5 nitrogen and oxygen atoms in total. The van der Waals surface area contributed by atoms with Crippen molar-refractivity contribution < 1.29 is 14.6 Å². The van der Waals surface area contributed by atoms with Crippen molar-refractivity contribution in [1.29, 1.82) is 0 Å². The number of anilines is 1. The molecule has 1 fully saturated rings. The number of amides is 1. The lowest BCUT2D eigenvalue weighted by atomic mass is 9.79. The molecule has 0 bridgehead atoms. The second kappa shape index (κ2) is 6.75. The van der Waals surface area contributed by atoms with Crippen LogP contribution in [0.15, 0.2) is 24.3 Å². The van der Waals surface area contributed by atoms with Crippen LogP contribution in [0.2, 0.25) is 0 Å². The molecule has 0 atom stereocenters. The molecule has 1 amide bonds. The number of rotatable bonds is 3. The Morgan fingerprint density at radius 1 is 1.42 bits per heavy atom. The van der Waals surface area contributed by atoms with Gasteiger partial charge in [0, 0.05) is 31.5 Å². The number of hydrogen-bond donors (Lipinski definition) is 3. The van der Waals surface area contributed by atoms with Crippen molar-refractivity contribution in [3.05, 3.63) is 24.3 Å². The van der Waals surface area contributed by atoms with Crippen LogP contribution in [0, 0.1) is 5.41 Å². The summed E-state index contributed by atoms with van der Waals surface area (Å²) in [5.41, 5.74) is 5.79. The minimum absolute atomic E-state index is 0. The summed E-state index contributed by atoms with van der Waals surface area (Å²) in [6, 6.07) is 6.50. The van der Waals surface area contributed by atoms with Crippen molar-refractivity contribution in [3.63, 3.8) is 0 Å². The summed E-state index contributed by atoms with van der Waals surface area (Å²) >= 11 is 0. The van der Waals surface area contributed by atoms with E-state index in [-0.39, 0.29) is 24.1 Å². The zero-order chi connectivity index (χ0) is 13.0. The molecule has 106 valence electrons. The van der Waals surface area contributed by atoms with Gasteiger partial charge in [-0.25, -0.2) is 0 Å². The smallest absolute Gasteiger partial charge is 0.232 e. The third-order valence-electron chi connectivity index (χ3n) is 3.43. The molecule has 0 saturated carbocycles. The van der Waals surface area contributed by atoms with Gasteiger partial charge in [0.1, 0.15) is 5.75 Å². The van der Waals surface area contributed by atoms with E-state index in [9.17, 15) is 9.90 Å². The second-order valence-electron chi connectivity index (χ2n) is 4.60. The third kappa shape index (κ3) is 3.59. The van der Waals surface area contributed by atoms with E-state index in [4.69, 9.17) is 10.5 Å². The Bertz CT molecular complexity index is 434. The maximum atomic E-state index is 12.3. The summed E-state index contributed by atoms with van der Waals surface area (Å²) in [6.07, 6.45) is 1.27. The molecule has 19 heavy (non-hydrogen) atoms. The van der Waals surface area contributed by atoms with Crippen LogP contribution in [-0.4, -0.2) is 30.8 Å². The third-order valence-corrected chi connectivity index (χ3v) is 3.43. The van der Waals surface area contributed by atoms with Crippen molar-refractivity contribution in [1.82, 2.24) is 0 Å². The van der Waals surface area contributed by atoms with Crippen LogP contribution in [0.5, 0.6) is 5.75 Å². The summed E-state index contributed by atoms with van der Waals surface area (Å²) < 4.78 is 5.27. The van der Waals surface area contributed by atoms with Crippen LogP contribution >= 0.6 is 12.4 Å². The van der Waals surface area contributed by atoms with Crippen LogP contribution < -0.4 is 11.1 Å². The summed E-state index contributed by atoms with van der Waals surface area (Å²) in [4.78, 5) is 12.3. The Morgan fingerprint density at radius 2 is 2.11 bits per heavy atom. The van der Waals surface area contributed by atoms with Crippen LogP contribution in [0.25, 0.3) is 0 Å². The number of halogens is 1. The summed E-state index contributed by atoms with van der Waals surface area (Å²) in [7, 11) is 0. The number of ether oxygens (including phenoxy) is 1. The van der Waals surface area contributed by atoms with Gasteiger partial charge in [-0.05, 0) is 25.0 Å². The molecule has 0 aromatic heterocycles. The molecule has 1 aliphatic heterocycles. The van der Waals surface area contributed by atoms with Crippen molar-refractivity contribution in [2.75, 3.05) is 25.1 Å². The van der Waals surface area contributed by atoms with Crippen molar-refractivity contribution in [3.8, 4) is 5.75 Å². The summed E-state index contributed by atoms with van der Waals surface area (Å²) in [5, 5.41) is 12.2. The number of nitrogens with one attached hydrogen (secondary N) is 1. The lowest BCUT2D eigenvalue weighted by molar-refractivity contribution is -0.130. The van der Waals surface area contributed by atoms with E-state index >= 15 is 0 Å². The average Bonchev–Trinajstić information content (AvgIpc) is 2.39.